The average Bonchev–Trinajstić information content (AvgIpc) is 2.90. The van der Waals surface area contributed by atoms with Crippen LogP contribution in [0.25, 0.3) is 0 Å². The van der Waals surface area contributed by atoms with Crippen molar-refractivity contribution in [1.29, 1.82) is 0 Å². The summed E-state index contributed by atoms with van der Waals surface area (Å²) in [6, 6.07) is 15.9. The molecule has 0 aromatic heterocycles. The molecule has 2 aromatic rings. The maximum Gasteiger partial charge on any atom is 0.573 e. The quantitative estimate of drug-likeness (QED) is 0.471. The van der Waals surface area contributed by atoms with Crippen LogP contribution in [-0.2, 0) is 4.79 Å². The molecule has 4 rings (SSSR count). The third-order valence-corrected chi connectivity index (χ3v) is 8.09. The number of benzene rings is 2. The predicted molar refractivity (Wildman–Crippen MR) is 146 cm³/mol. The Hall–Kier alpha value is -2.56. The lowest BCUT2D eigenvalue weighted by atomic mass is 9.80. The number of nitrogens with zero attached hydrogens (tertiary/aromatic N) is 3. The van der Waals surface area contributed by atoms with Crippen molar-refractivity contribution in [1.82, 2.24) is 14.6 Å². The summed E-state index contributed by atoms with van der Waals surface area (Å²) >= 11 is 0. The number of rotatable bonds is 8. The van der Waals surface area contributed by atoms with Gasteiger partial charge in [0, 0.05) is 32.1 Å². The molecule has 2 aromatic carbocycles. The second kappa shape index (κ2) is 12.7. The minimum absolute atomic E-state index is 0.0304. The summed E-state index contributed by atoms with van der Waals surface area (Å²) in [5.41, 5.74) is 1.93. The SMILES string of the molecule is CB(O)N1CCC(CC(=O)N2CCN(C(c3ccccc3)c3ccc(OC(F)(F)F)cc3)C[C@@H]2C(C)C)CC1. The van der Waals surface area contributed by atoms with E-state index in [0.717, 1.165) is 37.1 Å². The minimum Gasteiger partial charge on any atom is -0.437 e. The molecular formula is C29H39BF3N3O3. The Morgan fingerprint density at radius 3 is 2.18 bits per heavy atom. The zero-order valence-corrected chi connectivity index (χ0v) is 23.0. The third-order valence-electron chi connectivity index (χ3n) is 8.09. The Balaban J connectivity index is 1.49. The van der Waals surface area contributed by atoms with Crippen molar-refractivity contribution in [2.24, 2.45) is 11.8 Å². The molecule has 2 fully saturated rings. The topological polar surface area (TPSA) is 56.2 Å². The maximum atomic E-state index is 13.5. The second-order valence-corrected chi connectivity index (χ2v) is 11.1. The Bertz CT molecular complexity index is 1060. The Morgan fingerprint density at radius 1 is 1.00 bits per heavy atom. The predicted octanol–water partition coefficient (Wildman–Crippen LogP) is 5.06. The van der Waals surface area contributed by atoms with E-state index in [1.165, 1.54) is 12.1 Å². The van der Waals surface area contributed by atoms with Crippen LogP contribution in [0.5, 0.6) is 5.75 Å². The molecule has 2 saturated heterocycles. The number of piperidine rings is 1. The highest BCUT2D eigenvalue weighted by Gasteiger charge is 2.37. The van der Waals surface area contributed by atoms with Gasteiger partial charge >= 0.3 is 13.4 Å². The number of amides is 1. The first kappa shape index (κ1) is 29.4. The van der Waals surface area contributed by atoms with Gasteiger partial charge in [-0.15, -0.1) is 13.2 Å². The van der Waals surface area contributed by atoms with Crippen LogP contribution in [0.4, 0.5) is 13.2 Å². The lowest BCUT2D eigenvalue weighted by Crippen LogP contribution is -2.58. The molecule has 6 nitrogen and oxygen atoms in total. The Morgan fingerprint density at radius 2 is 1.62 bits per heavy atom. The van der Waals surface area contributed by atoms with E-state index in [4.69, 9.17) is 0 Å². The highest BCUT2D eigenvalue weighted by atomic mass is 19.4. The van der Waals surface area contributed by atoms with Crippen LogP contribution in [0, 0.1) is 11.8 Å². The van der Waals surface area contributed by atoms with Gasteiger partial charge in [0.1, 0.15) is 5.75 Å². The smallest absolute Gasteiger partial charge is 0.437 e. The first-order valence-electron chi connectivity index (χ1n) is 13.9. The van der Waals surface area contributed by atoms with E-state index >= 15 is 0 Å². The number of halogens is 3. The van der Waals surface area contributed by atoms with E-state index in [2.05, 4.69) is 23.5 Å². The van der Waals surface area contributed by atoms with Gasteiger partial charge in [-0.3, -0.25) is 9.69 Å². The van der Waals surface area contributed by atoms with E-state index in [0.29, 0.717) is 32.0 Å². The van der Waals surface area contributed by atoms with Gasteiger partial charge in [0.2, 0.25) is 5.91 Å². The molecule has 1 N–H and O–H groups in total. The summed E-state index contributed by atoms with van der Waals surface area (Å²) in [6.45, 7) is 9.61. The van der Waals surface area contributed by atoms with Crippen molar-refractivity contribution in [3.63, 3.8) is 0 Å². The molecule has 2 aliphatic heterocycles. The molecule has 0 saturated carbocycles. The van der Waals surface area contributed by atoms with Crippen LogP contribution < -0.4 is 4.74 Å². The van der Waals surface area contributed by atoms with Crippen LogP contribution in [0.2, 0.25) is 6.82 Å². The minimum atomic E-state index is -4.73. The van der Waals surface area contributed by atoms with E-state index in [-0.39, 0.29) is 29.7 Å². The van der Waals surface area contributed by atoms with Crippen molar-refractivity contribution in [2.75, 3.05) is 32.7 Å². The standard InChI is InChI=1S/C29H39BF3N3O3/c1-21(2)26-20-34(17-18-36(26)27(37)19-22-13-15-35(16-14-22)30(3)38)28(23-7-5-4-6-8-23)24-9-11-25(12-10-24)39-29(31,32)33/h4-12,21-22,26,28,38H,13-20H2,1-3H3/t26-,28?/m1/s1. The van der Waals surface area contributed by atoms with Gasteiger partial charge < -0.3 is 19.5 Å². The van der Waals surface area contributed by atoms with Gasteiger partial charge in [-0.2, -0.15) is 0 Å². The fourth-order valence-corrected chi connectivity index (χ4v) is 5.94. The first-order valence-corrected chi connectivity index (χ1v) is 13.9. The fraction of sp³-hybridized carbons (Fsp3) is 0.552. The van der Waals surface area contributed by atoms with Crippen molar-refractivity contribution < 1.29 is 27.7 Å². The monoisotopic (exact) mass is 545 g/mol. The zero-order chi connectivity index (χ0) is 28.2. The van der Waals surface area contributed by atoms with Crippen LogP contribution in [0.1, 0.15) is 50.3 Å². The molecule has 0 bridgehead atoms. The highest BCUT2D eigenvalue weighted by molar-refractivity contribution is 6.45. The summed E-state index contributed by atoms with van der Waals surface area (Å²) in [5.74, 6) is 0.516. The van der Waals surface area contributed by atoms with E-state index in [9.17, 15) is 23.0 Å². The molecule has 0 radical (unpaired) electrons. The van der Waals surface area contributed by atoms with Crippen LogP contribution in [-0.4, -0.2) is 77.7 Å². The molecule has 2 atom stereocenters. The summed E-state index contributed by atoms with van der Waals surface area (Å²) in [5, 5.41) is 9.83. The van der Waals surface area contributed by atoms with Crippen molar-refractivity contribution in [3.8, 4) is 5.75 Å². The zero-order valence-electron chi connectivity index (χ0n) is 23.0. The maximum absolute atomic E-state index is 13.5. The molecule has 39 heavy (non-hydrogen) atoms. The summed E-state index contributed by atoms with van der Waals surface area (Å²) in [6.07, 6.45) is -2.39. The number of piperazine rings is 1. The van der Waals surface area contributed by atoms with Crippen LogP contribution in [0.3, 0.4) is 0 Å². The Labute approximate surface area is 229 Å². The molecule has 2 heterocycles. The summed E-state index contributed by atoms with van der Waals surface area (Å²) in [7, 11) is -0.453. The number of hydrogen-bond acceptors (Lipinski definition) is 5. The molecule has 1 unspecified atom stereocenters. The molecule has 0 spiro atoms. The van der Waals surface area contributed by atoms with Gasteiger partial charge in [-0.1, -0.05) is 56.3 Å². The summed E-state index contributed by atoms with van der Waals surface area (Å²) in [4.78, 5) is 19.9. The van der Waals surface area contributed by atoms with Crippen LogP contribution in [0.15, 0.2) is 54.6 Å². The number of carbonyl (C=O) groups excluding carboxylic acids is 1. The Kier molecular flexibility index (Phi) is 9.62. The lowest BCUT2D eigenvalue weighted by Gasteiger charge is -2.47. The van der Waals surface area contributed by atoms with Crippen molar-refractivity contribution in [2.45, 2.75) is 58.4 Å². The number of alkyl halides is 3. The van der Waals surface area contributed by atoms with Crippen LogP contribution >= 0.6 is 0 Å². The third kappa shape index (κ3) is 7.77. The van der Waals surface area contributed by atoms with E-state index in [1.807, 2.05) is 40.0 Å². The summed E-state index contributed by atoms with van der Waals surface area (Å²) < 4.78 is 42.2. The molecule has 212 valence electrons. The molecule has 0 aliphatic carbocycles. The molecule has 10 heteroatoms. The van der Waals surface area contributed by atoms with Crippen molar-refractivity contribution in [3.05, 3.63) is 65.7 Å². The van der Waals surface area contributed by atoms with Gasteiger partial charge in [-0.25, -0.2) is 0 Å². The van der Waals surface area contributed by atoms with E-state index in [1.54, 1.807) is 19.0 Å². The normalized spacial score (nSPS) is 20.7. The number of carbonyl (C=O) groups is 1. The van der Waals surface area contributed by atoms with Gasteiger partial charge in [0.05, 0.1) is 6.04 Å². The van der Waals surface area contributed by atoms with Gasteiger partial charge in [0.15, 0.2) is 0 Å². The molecule has 1 amide bonds. The van der Waals surface area contributed by atoms with Gasteiger partial charge in [0.25, 0.3) is 0 Å². The largest absolute Gasteiger partial charge is 0.573 e. The lowest BCUT2D eigenvalue weighted by molar-refractivity contribution is -0.274. The molecule has 2 aliphatic rings. The number of hydrogen-bond donors (Lipinski definition) is 1. The molecular weight excluding hydrogens is 506 g/mol. The fourth-order valence-electron chi connectivity index (χ4n) is 5.94. The first-order chi connectivity index (χ1) is 18.5. The van der Waals surface area contributed by atoms with E-state index < -0.39 is 13.4 Å². The average molecular weight is 545 g/mol. The van der Waals surface area contributed by atoms with Crippen molar-refractivity contribution >= 4 is 13.0 Å². The second-order valence-electron chi connectivity index (χ2n) is 11.1. The number of ether oxygens (including phenoxy) is 1. The van der Waals surface area contributed by atoms with Gasteiger partial charge in [-0.05, 0) is 67.8 Å². The highest BCUT2D eigenvalue weighted by Crippen LogP contribution is 2.34.